The van der Waals surface area contributed by atoms with Crippen LogP contribution in [0.1, 0.15) is 0 Å². The maximum Gasteiger partial charge on any atom is 0.222 e. The Morgan fingerprint density at radius 3 is 2.69 bits per heavy atom. The Morgan fingerprint density at radius 2 is 2.00 bits per heavy atom. The van der Waals surface area contributed by atoms with Crippen LogP contribution in [0.4, 0.5) is 5.95 Å². The van der Waals surface area contributed by atoms with Crippen LogP contribution >= 0.6 is 11.6 Å². The van der Waals surface area contributed by atoms with Gasteiger partial charge < -0.3 is 10.1 Å². The second kappa shape index (κ2) is 5.98. The third-order valence-corrected chi connectivity index (χ3v) is 2.63. The van der Waals surface area contributed by atoms with Crippen molar-refractivity contribution in [1.29, 1.82) is 0 Å². The number of nitrogens with one attached hydrogen (secondary N) is 1. The third kappa shape index (κ3) is 3.59. The lowest BCUT2D eigenvalue weighted by Crippen LogP contribution is -2.39. The van der Waals surface area contributed by atoms with Crippen molar-refractivity contribution in [3.63, 3.8) is 0 Å². The van der Waals surface area contributed by atoms with E-state index in [1.54, 1.807) is 12.4 Å². The summed E-state index contributed by atoms with van der Waals surface area (Å²) in [6.07, 6.45) is 3.18. The summed E-state index contributed by atoms with van der Waals surface area (Å²) in [6, 6.07) is 0. The molecule has 2 rings (SSSR count). The van der Waals surface area contributed by atoms with Gasteiger partial charge in [-0.1, -0.05) is 11.6 Å². The van der Waals surface area contributed by atoms with Crippen LogP contribution < -0.4 is 5.32 Å². The van der Waals surface area contributed by atoms with Crippen molar-refractivity contribution >= 4 is 17.5 Å². The quantitative estimate of drug-likeness (QED) is 0.849. The number of halogens is 1. The first-order chi connectivity index (χ1) is 7.84. The van der Waals surface area contributed by atoms with Gasteiger partial charge in [0.05, 0.1) is 30.6 Å². The Kier molecular flexibility index (Phi) is 4.33. The van der Waals surface area contributed by atoms with Crippen LogP contribution in [0, 0.1) is 0 Å². The van der Waals surface area contributed by atoms with Crippen molar-refractivity contribution in [1.82, 2.24) is 14.9 Å². The molecule has 1 aromatic rings. The van der Waals surface area contributed by atoms with Crippen LogP contribution in [0.2, 0.25) is 5.02 Å². The van der Waals surface area contributed by atoms with Gasteiger partial charge in [-0.05, 0) is 0 Å². The molecule has 16 heavy (non-hydrogen) atoms. The summed E-state index contributed by atoms with van der Waals surface area (Å²) in [5, 5.41) is 3.71. The summed E-state index contributed by atoms with van der Waals surface area (Å²) in [6.45, 7) is 5.48. The highest BCUT2D eigenvalue weighted by atomic mass is 35.5. The minimum Gasteiger partial charge on any atom is -0.379 e. The molecule has 0 unspecified atom stereocenters. The summed E-state index contributed by atoms with van der Waals surface area (Å²) in [5.41, 5.74) is 0. The van der Waals surface area contributed by atoms with E-state index < -0.39 is 0 Å². The lowest BCUT2D eigenvalue weighted by Gasteiger charge is -2.26. The molecular formula is C10H15ClN4O. The Balaban J connectivity index is 1.69. The molecule has 88 valence electrons. The Hall–Kier alpha value is -0.910. The van der Waals surface area contributed by atoms with Crippen molar-refractivity contribution in [2.24, 2.45) is 0 Å². The van der Waals surface area contributed by atoms with Gasteiger partial charge in [-0.25, -0.2) is 9.97 Å². The SMILES string of the molecule is Clc1cnc(NCCN2CCOCC2)nc1. The second-order valence-corrected chi connectivity index (χ2v) is 4.04. The van der Waals surface area contributed by atoms with Crippen LogP contribution in [0.3, 0.4) is 0 Å². The number of nitrogens with zero attached hydrogens (tertiary/aromatic N) is 3. The van der Waals surface area contributed by atoms with Crippen molar-refractivity contribution in [2.75, 3.05) is 44.7 Å². The van der Waals surface area contributed by atoms with Gasteiger partial charge in [0.15, 0.2) is 0 Å². The molecule has 1 fully saturated rings. The lowest BCUT2D eigenvalue weighted by molar-refractivity contribution is 0.0398. The van der Waals surface area contributed by atoms with Gasteiger partial charge in [0.1, 0.15) is 0 Å². The molecule has 1 aliphatic heterocycles. The first-order valence-corrected chi connectivity index (χ1v) is 5.74. The van der Waals surface area contributed by atoms with Crippen LogP contribution in [0.15, 0.2) is 12.4 Å². The molecule has 0 spiro atoms. The molecule has 6 heteroatoms. The van der Waals surface area contributed by atoms with Crippen molar-refractivity contribution in [3.8, 4) is 0 Å². The average molecular weight is 243 g/mol. The molecule has 2 heterocycles. The molecule has 1 N–H and O–H groups in total. The Labute approximate surface area is 99.8 Å². The van der Waals surface area contributed by atoms with Gasteiger partial charge in [0, 0.05) is 26.2 Å². The predicted molar refractivity (Wildman–Crippen MR) is 62.8 cm³/mol. The van der Waals surface area contributed by atoms with E-state index in [9.17, 15) is 0 Å². The van der Waals surface area contributed by atoms with Gasteiger partial charge in [0.25, 0.3) is 0 Å². The van der Waals surface area contributed by atoms with E-state index in [0.29, 0.717) is 11.0 Å². The normalized spacial score (nSPS) is 17.3. The summed E-state index contributed by atoms with van der Waals surface area (Å²) in [5.74, 6) is 0.623. The highest BCUT2D eigenvalue weighted by Crippen LogP contribution is 2.05. The van der Waals surface area contributed by atoms with Crippen molar-refractivity contribution in [2.45, 2.75) is 0 Å². The van der Waals surface area contributed by atoms with Crippen LogP contribution in [0.25, 0.3) is 0 Å². The average Bonchev–Trinajstić information content (AvgIpc) is 2.33. The van der Waals surface area contributed by atoms with Gasteiger partial charge in [-0.15, -0.1) is 0 Å². The van der Waals surface area contributed by atoms with Crippen LogP contribution in [0.5, 0.6) is 0 Å². The smallest absolute Gasteiger partial charge is 0.222 e. The summed E-state index contributed by atoms with van der Waals surface area (Å²) >= 11 is 5.69. The Morgan fingerprint density at radius 1 is 1.31 bits per heavy atom. The monoisotopic (exact) mass is 242 g/mol. The van der Waals surface area contributed by atoms with E-state index in [1.165, 1.54) is 0 Å². The number of hydrogen-bond donors (Lipinski definition) is 1. The van der Waals surface area contributed by atoms with E-state index in [0.717, 1.165) is 39.4 Å². The molecular weight excluding hydrogens is 228 g/mol. The van der Waals surface area contributed by atoms with Gasteiger partial charge >= 0.3 is 0 Å². The molecule has 0 bridgehead atoms. The first kappa shape index (κ1) is 11.6. The topological polar surface area (TPSA) is 50.3 Å². The summed E-state index contributed by atoms with van der Waals surface area (Å²) in [4.78, 5) is 10.5. The molecule has 1 saturated heterocycles. The van der Waals surface area contributed by atoms with Crippen molar-refractivity contribution in [3.05, 3.63) is 17.4 Å². The fourth-order valence-electron chi connectivity index (χ4n) is 1.55. The maximum atomic E-state index is 5.69. The first-order valence-electron chi connectivity index (χ1n) is 5.36. The second-order valence-electron chi connectivity index (χ2n) is 3.61. The maximum absolute atomic E-state index is 5.69. The van der Waals surface area contributed by atoms with Crippen LogP contribution in [-0.2, 0) is 4.74 Å². The minimum atomic E-state index is 0.554. The fraction of sp³-hybridized carbons (Fsp3) is 0.600. The number of hydrogen-bond acceptors (Lipinski definition) is 5. The highest BCUT2D eigenvalue weighted by Gasteiger charge is 2.09. The zero-order valence-corrected chi connectivity index (χ0v) is 9.78. The molecule has 1 aliphatic rings. The van der Waals surface area contributed by atoms with Gasteiger partial charge in [0.2, 0.25) is 5.95 Å². The zero-order valence-electron chi connectivity index (χ0n) is 9.03. The molecule has 0 amide bonds. The molecule has 0 saturated carbocycles. The number of anilines is 1. The van der Waals surface area contributed by atoms with Gasteiger partial charge in [-0.3, -0.25) is 4.90 Å². The molecule has 0 atom stereocenters. The van der Waals surface area contributed by atoms with E-state index in [4.69, 9.17) is 16.3 Å². The summed E-state index contributed by atoms with van der Waals surface area (Å²) < 4.78 is 5.28. The number of morpholine rings is 1. The minimum absolute atomic E-state index is 0.554. The summed E-state index contributed by atoms with van der Waals surface area (Å²) in [7, 11) is 0. The molecule has 0 aromatic carbocycles. The third-order valence-electron chi connectivity index (χ3n) is 2.44. The number of rotatable bonds is 4. The van der Waals surface area contributed by atoms with E-state index in [-0.39, 0.29) is 0 Å². The number of ether oxygens (including phenoxy) is 1. The largest absolute Gasteiger partial charge is 0.379 e. The van der Waals surface area contributed by atoms with E-state index >= 15 is 0 Å². The fourth-order valence-corrected chi connectivity index (χ4v) is 1.65. The number of aromatic nitrogens is 2. The molecule has 5 nitrogen and oxygen atoms in total. The van der Waals surface area contributed by atoms with E-state index in [2.05, 4.69) is 20.2 Å². The van der Waals surface area contributed by atoms with Crippen LogP contribution in [-0.4, -0.2) is 54.3 Å². The van der Waals surface area contributed by atoms with Gasteiger partial charge in [-0.2, -0.15) is 0 Å². The zero-order chi connectivity index (χ0) is 11.2. The standard InChI is InChI=1S/C10H15ClN4O/c11-9-7-13-10(14-8-9)12-1-2-15-3-5-16-6-4-15/h7-8H,1-6H2,(H,12,13,14). The molecule has 0 aliphatic carbocycles. The van der Waals surface area contributed by atoms with Crippen molar-refractivity contribution < 1.29 is 4.74 Å². The lowest BCUT2D eigenvalue weighted by atomic mass is 10.4. The highest BCUT2D eigenvalue weighted by molar-refractivity contribution is 6.30. The predicted octanol–water partition coefficient (Wildman–Crippen LogP) is 0.874. The molecule has 0 radical (unpaired) electrons. The van der Waals surface area contributed by atoms with E-state index in [1.807, 2.05) is 0 Å². The Bertz CT molecular complexity index is 313. The molecule has 1 aromatic heterocycles.